The van der Waals surface area contributed by atoms with Crippen LogP contribution in [-0.2, 0) is 13.1 Å². The normalized spacial score (nSPS) is 11.1. The van der Waals surface area contributed by atoms with Crippen molar-refractivity contribution < 1.29 is 5.11 Å². The van der Waals surface area contributed by atoms with Gasteiger partial charge < -0.3 is 9.67 Å². The third-order valence-corrected chi connectivity index (χ3v) is 2.37. The molecule has 74 valence electrons. The van der Waals surface area contributed by atoms with E-state index in [1.165, 1.54) is 0 Å². The fourth-order valence-electron chi connectivity index (χ4n) is 1.28. The highest BCUT2D eigenvalue weighted by molar-refractivity contribution is 7.71. The van der Waals surface area contributed by atoms with Gasteiger partial charge in [-0.05, 0) is 25.1 Å². The van der Waals surface area contributed by atoms with Gasteiger partial charge in [-0.25, -0.2) is 0 Å². The van der Waals surface area contributed by atoms with E-state index in [0.29, 0.717) is 10.7 Å². The van der Waals surface area contributed by atoms with E-state index in [1.807, 2.05) is 11.5 Å². The molecular formula is C9H16N2OS. The molecule has 1 aromatic heterocycles. The summed E-state index contributed by atoms with van der Waals surface area (Å²) in [4.78, 5) is 0. The molecule has 4 heteroatoms. The molecule has 0 unspecified atom stereocenters. The number of nitrogens with zero attached hydrogens (tertiary/aromatic N) is 2. The van der Waals surface area contributed by atoms with Crippen LogP contribution in [0.5, 0.6) is 5.88 Å². The lowest BCUT2D eigenvalue weighted by Gasteiger charge is -2.06. The largest absolute Gasteiger partial charge is 0.493 e. The number of aryl methyl sites for hydroxylation is 1. The van der Waals surface area contributed by atoms with E-state index in [9.17, 15) is 5.11 Å². The zero-order chi connectivity index (χ0) is 10.0. The van der Waals surface area contributed by atoms with Crippen LogP contribution in [0.15, 0.2) is 6.20 Å². The van der Waals surface area contributed by atoms with Crippen LogP contribution in [-0.4, -0.2) is 14.2 Å². The third kappa shape index (κ3) is 2.12. The molecule has 0 amide bonds. The van der Waals surface area contributed by atoms with E-state index < -0.39 is 0 Å². The highest BCUT2D eigenvalue weighted by Crippen LogP contribution is 2.14. The molecular weight excluding hydrogens is 184 g/mol. The van der Waals surface area contributed by atoms with Crippen LogP contribution in [0, 0.1) is 10.7 Å². The molecule has 0 radical (unpaired) electrons. The van der Waals surface area contributed by atoms with Crippen molar-refractivity contribution in [3.05, 3.63) is 11.0 Å². The Hall–Kier alpha value is -0.770. The lowest BCUT2D eigenvalue weighted by molar-refractivity contribution is 0.392. The van der Waals surface area contributed by atoms with Gasteiger partial charge in [-0.2, -0.15) is 0 Å². The molecule has 0 saturated heterocycles. The van der Waals surface area contributed by atoms with Gasteiger partial charge in [0.25, 0.3) is 0 Å². The minimum atomic E-state index is 0.264. The van der Waals surface area contributed by atoms with Gasteiger partial charge in [0.2, 0.25) is 5.88 Å². The molecule has 3 nitrogen and oxygen atoms in total. The summed E-state index contributed by atoms with van der Waals surface area (Å²) in [5.74, 6) is 0.755. The monoisotopic (exact) mass is 200 g/mol. The number of aromatic nitrogens is 2. The Morgan fingerprint density at radius 1 is 1.54 bits per heavy atom. The Balaban J connectivity index is 3.06. The van der Waals surface area contributed by atoms with Crippen LogP contribution in [0.3, 0.4) is 0 Å². The lowest BCUT2D eigenvalue weighted by Crippen LogP contribution is -2.05. The van der Waals surface area contributed by atoms with E-state index in [2.05, 4.69) is 13.8 Å². The minimum absolute atomic E-state index is 0.264. The van der Waals surface area contributed by atoms with Gasteiger partial charge in [-0.1, -0.05) is 13.8 Å². The first-order valence-electron chi connectivity index (χ1n) is 4.55. The topological polar surface area (TPSA) is 30.1 Å². The molecule has 0 bridgehead atoms. The number of hydrogen-bond acceptors (Lipinski definition) is 2. The number of aromatic hydroxyl groups is 1. The summed E-state index contributed by atoms with van der Waals surface area (Å²) < 4.78 is 4.34. The molecule has 0 fully saturated rings. The fourth-order valence-corrected chi connectivity index (χ4v) is 1.63. The summed E-state index contributed by atoms with van der Waals surface area (Å²) in [6.45, 7) is 7.79. The first kappa shape index (κ1) is 10.3. The quantitative estimate of drug-likeness (QED) is 0.759. The molecule has 1 aromatic rings. The van der Waals surface area contributed by atoms with Crippen molar-refractivity contribution in [1.82, 2.24) is 9.13 Å². The molecule has 0 atom stereocenters. The Morgan fingerprint density at radius 2 is 2.15 bits per heavy atom. The van der Waals surface area contributed by atoms with Crippen LogP contribution in [0.2, 0.25) is 0 Å². The van der Waals surface area contributed by atoms with Crippen molar-refractivity contribution in [1.29, 1.82) is 0 Å². The van der Waals surface area contributed by atoms with E-state index in [1.54, 1.807) is 10.8 Å². The number of hydrogen-bond donors (Lipinski definition) is 1. The van der Waals surface area contributed by atoms with Gasteiger partial charge in [-0.15, -0.1) is 0 Å². The smallest absolute Gasteiger partial charge is 0.210 e. The Morgan fingerprint density at radius 3 is 2.54 bits per heavy atom. The summed E-state index contributed by atoms with van der Waals surface area (Å²) in [7, 11) is 0. The summed E-state index contributed by atoms with van der Waals surface area (Å²) in [6.07, 6.45) is 1.69. The number of imidazole rings is 1. The first-order valence-corrected chi connectivity index (χ1v) is 4.96. The highest BCUT2D eigenvalue weighted by Gasteiger charge is 2.06. The molecule has 13 heavy (non-hydrogen) atoms. The van der Waals surface area contributed by atoms with Gasteiger partial charge in [0.05, 0.1) is 6.20 Å². The third-order valence-electron chi connectivity index (χ3n) is 1.91. The number of rotatable bonds is 3. The summed E-state index contributed by atoms with van der Waals surface area (Å²) in [5.41, 5.74) is 0. The standard InChI is InChI=1S/C9H16N2OS/c1-4-10-6-8(12)11(9(10)13)5-7(2)3/h6-7,12H,4-5H2,1-3H3. The Labute approximate surface area is 83.6 Å². The second-order valence-corrected chi connectivity index (χ2v) is 3.93. The summed E-state index contributed by atoms with van der Waals surface area (Å²) in [5, 5.41) is 9.57. The molecule has 1 N–H and O–H groups in total. The molecule has 0 aromatic carbocycles. The average Bonchev–Trinajstić information content (AvgIpc) is 2.31. The van der Waals surface area contributed by atoms with Crippen LogP contribution in [0.25, 0.3) is 0 Å². The molecule has 0 aliphatic heterocycles. The SMILES string of the molecule is CCn1cc(O)n(CC(C)C)c1=S. The zero-order valence-electron chi connectivity index (χ0n) is 8.32. The van der Waals surface area contributed by atoms with E-state index >= 15 is 0 Å². The predicted octanol–water partition coefficient (Wildman–Crippen LogP) is 2.40. The maximum atomic E-state index is 9.57. The van der Waals surface area contributed by atoms with Crippen molar-refractivity contribution >= 4 is 12.2 Å². The van der Waals surface area contributed by atoms with Crippen molar-refractivity contribution in [2.45, 2.75) is 33.9 Å². The maximum Gasteiger partial charge on any atom is 0.210 e. The second kappa shape index (κ2) is 3.96. The van der Waals surface area contributed by atoms with Gasteiger partial charge in [0, 0.05) is 13.1 Å². The Bertz CT molecular complexity index is 338. The Kier molecular flexibility index (Phi) is 3.14. The molecule has 0 saturated carbocycles. The van der Waals surface area contributed by atoms with E-state index in [0.717, 1.165) is 13.1 Å². The summed E-state index contributed by atoms with van der Waals surface area (Å²) in [6, 6.07) is 0. The lowest BCUT2D eigenvalue weighted by atomic mass is 10.2. The second-order valence-electron chi connectivity index (χ2n) is 3.56. The van der Waals surface area contributed by atoms with Crippen molar-refractivity contribution in [3.63, 3.8) is 0 Å². The highest BCUT2D eigenvalue weighted by atomic mass is 32.1. The van der Waals surface area contributed by atoms with Gasteiger partial charge in [-0.3, -0.25) is 4.57 Å². The summed E-state index contributed by atoms with van der Waals surface area (Å²) >= 11 is 5.20. The predicted molar refractivity (Wildman–Crippen MR) is 55.4 cm³/mol. The van der Waals surface area contributed by atoms with Gasteiger partial charge in [0.15, 0.2) is 4.77 Å². The van der Waals surface area contributed by atoms with Crippen LogP contribution in [0.1, 0.15) is 20.8 Å². The van der Waals surface area contributed by atoms with Crippen LogP contribution in [0.4, 0.5) is 0 Å². The fraction of sp³-hybridized carbons (Fsp3) is 0.667. The van der Waals surface area contributed by atoms with Crippen LogP contribution < -0.4 is 0 Å². The van der Waals surface area contributed by atoms with Crippen molar-refractivity contribution in [2.75, 3.05) is 0 Å². The van der Waals surface area contributed by atoms with Crippen molar-refractivity contribution in [3.8, 4) is 5.88 Å². The van der Waals surface area contributed by atoms with E-state index in [-0.39, 0.29) is 5.88 Å². The maximum absolute atomic E-state index is 9.57. The molecule has 0 spiro atoms. The molecule has 1 rings (SSSR count). The average molecular weight is 200 g/mol. The molecule has 1 heterocycles. The minimum Gasteiger partial charge on any atom is -0.493 e. The van der Waals surface area contributed by atoms with Crippen molar-refractivity contribution in [2.24, 2.45) is 5.92 Å². The first-order chi connectivity index (χ1) is 6.06. The molecule has 0 aliphatic rings. The molecule has 0 aliphatic carbocycles. The van der Waals surface area contributed by atoms with Crippen LogP contribution >= 0.6 is 12.2 Å². The van der Waals surface area contributed by atoms with Gasteiger partial charge in [0.1, 0.15) is 0 Å². The van der Waals surface area contributed by atoms with E-state index in [4.69, 9.17) is 12.2 Å². The zero-order valence-corrected chi connectivity index (χ0v) is 9.14. The van der Waals surface area contributed by atoms with Gasteiger partial charge >= 0.3 is 0 Å².